The third kappa shape index (κ3) is 4.16. The molecule has 19 heavy (non-hydrogen) atoms. The fraction of sp³-hybridized carbons (Fsp3) is 0.308. The van der Waals surface area contributed by atoms with Gasteiger partial charge in [0, 0.05) is 17.3 Å². The molecule has 0 amide bonds. The van der Waals surface area contributed by atoms with E-state index in [-0.39, 0.29) is 0 Å². The molecular formula is C13H14BrClN2OS. The molecule has 0 bridgehead atoms. The maximum Gasteiger partial charge on any atom is 0.168 e. The van der Waals surface area contributed by atoms with Crippen molar-refractivity contribution in [3.05, 3.63) is 40.6 Å². The van der Waals surface area contributed by atoms with Crippen molar-refractivity contribution in [1.82, 2.24) is 9.55 Å². The Kier molecular flexibility index (Phi) is 5.60. The van der Waals surface area contributed by atoms with Crippen LogP contribution in [0, 0.1) is 0 Å². The van der Waals surface area contributed by atoms with Gasteiger partial charge < -0.3 is 9.30 Å². The van der Waals surface area contributed by atoms with E-state index in [2.05, 4.69) is 20.9 Å². The van der Waals surface area contributed by atoms with Gasteiger partial charge in [-0.15, -0.1) is 11.6 Å². The summed E-state index contributed by atoms with van der Waals surface area (Å²) in [5.41, 5.74) is 1.03. The average Bonchev–Trinajstić information content (AvgIpc) is 2.77. The Hall–Kier alpha value is -0.650. The normalized spacial score (nSPS) is 10.7. The zero-order chi connectivity index (χ0) is 13.7. The predicted octanol–water partition coefficient (Wildman–Crippen LogP) is 4.09. The number of rotatable bonds is 6. The number of benzene rings is 1. The van der Waals surface area contributed by atoms with Gasteiger partial charge >= 0.3 is 0 Å². The van der Waals surface area contributed by atoms with Gasteiger partial charge in [0.25, 0.3) is 0 Å². The van der Waals surface area contributed by atoms with Crippen molar-refractivity contribution in [3.63, 3.8) is 0 Å². The van der Waals surface area contributed by atoms with E-state index in [4.69, 9.17) is 16.3 Å². The van der Waals surface area contributed by atoms with Gasteiger partial charge in [-0.3, -0.25) is 0 Å². The summed E-state index contributed by atoms with van der Waals surface area (Å²) in [6, 6.07) is 7.82. The van der Waals surface area contributed by atoms with E-state index in [1.54, 1.807) is 11.8 Å². The van der Waals surface area contributed by atoms with Crippen LogP contribution in [0.5, 0.6) is 5.75 Å². The summed E-state index contributed by atoms with van der Waals surface area (Å²) in [5.74, 6) is 2.22. The van der Waals surface area contributed by atoms with Crippen LogP contribution in [0.25, 0.3) is 0 Å². The van der Waals surface area contributed by atoms with Crippen LogP contribution < -0.4 is 4.74 Å². The number of aromatic nitrogens is 2. The summed E-state index contributed by atoms with van der Waals surface area (Å²) in [6.07, 6.45) is 1.81. The molecule has 0 saturated heterocycles. The van der Waals surface area contributed by atoms with Gasteiger partial charge in [-0.25, -0.2) is 4.98 Å². The Bertz CT molecular complexity index is 530. The van der Waals surface area contributed by atoms with Gasteiger partial charge in [0.1, 0.15) is 5.75 Å². The zero-order valence-corrected chi connectivity index (χ0v) is 13.6. The maximum absolute atomic E-state index is 5.80. The fourth-order valence-electron chi connectivity index (χ4n) is 1.51. The van der Waals surface area contributed by atoms with Gasteiger partial charge in [0.15, 0.2) is 5.16 Å². The number of thioether (sulfide) groups is 1. The summed E-state index contributed by atoms with van der Waals surface area (Å²) in [5, 5.41) is 0.968. The van der Waals surface area contributed by atoms with Crippen molar-refractivity contribution in [3.8, 4) is 5.75 Å². The monoisotopic (exact) mass is 360 g/mol. The van der Waals surface area contributed by atoms with Crippen LogP contribution in [-0.2, 0) is 12.9 Å². The van der Waals surface area contributed by atoms with E-state index in [1.165, 1.54) is 0 Å². The molecule has 2 rings (SSSR count). The molecule has 2 aromatic rings. The number of hydrogen-bond donors (Lipinski definition) is 0. The Labute approximate surface area is 130 Å². The van der Waals surface area contributed by atoms with Crippen LogP contribution in [0.1, 0.15) is 5.69 Å². The summed E-state index contributed by atoms with van der Waals surface area (Å²) in [7, 11) is 1.97. The molecule has 0 radical (unpaired) electrons. The molecule has 0 fully saturated rings. The Morgan fingerprint density at radius 2 is 2.11 bits per heavy atom. The molecule has 0 atom stereocenters. The highest BCUT2D eigenvalue weighted by Gasteiger charge is 2.05. The number of ether oxygens (including phenoxy) is 1. The van der Waals surface area contributed by atoms with Gasteiger partial charge in [-0.05, 0) is 24.3 Å². The second-order valence-corrected chi connectivity index (χ2v) is 6.12. The Morgan fingerprint density at radius 1 is 1.37 bits per heavy atom. The van der Waals surface area contributed by atoms with Gasteiger partial charge in [-0.2, -0.15) is 0 Å². The van der Waals surface area contributed by atoms with E-state index in [9.17, 15) is 0 Å². The Morgan fingerprint density at radius 3 is 2.74 bits per heavy atom. The second-order valence-electron chi connectivity index (χ2n) is 3.88. The molecule has 0 unspecified atom stereocenters. The first-order valence-electron chi connectivity index (χ1n) is 5.78. The lowest BCUT2D eigenvalue weighted by molar-refractivity contribution is 0.344. The van der Waals surface area contributed by atoms with Crippen molar-refractivity contribution >= 4 is 39.3 Å². The van der Waals surface area contributed by atoms with Crippen LogP contribution in [0.3, 0.4) is 0 Å². The summed E-state index contributed by atoms with van der Waals surface area (Å²) in [4.78, 5) is 4.32. The summed E-state index contributed by atoms with van der Waals surface area (Å²) in [6.45, 7) is 0.648. The standard InChI is InChI=1S/C13H14BrClN2OS/c1-17-11(8-15)9-16-13(17)19-7-6-18-12-4-2-10(14)3-5-12/h2-5,9H,6-8H2,1H3. The third-order valence-corrected chi connectivity index (χ3v) is 4.39. The molecule has 0 aliphatic heterocycles. The van der Waals surface area contributed by atoms with E-state index < -0.39 is 0 Å². The van der Waals surface area contributed by atoms with Crippen molar-refractivity contribution < 1.29 is 4.74 Å². The topological polar surface area (TPSA) is 27.1 Å². The second kappa shape index (κ2) is 7.22. The first kappa shape index (κ1) is 14.8. The lowest BCUT2D eigenvalue weighted by Gasteiger charge is -2.06. The minimum absolute atomic E-state index is 0.486. The molecule has 0 aliphatic carbocycles. The quantitative estimate of drug-likeness (QED) is 0.440. The molecule has 0 saturated carbocycles. The minimum Gasteiger partial charge on any atom is -0.493 e. The van der Waals surface area contributed by atoms with Crippen LogP contribution >= 0.6 is 39.3 Å². The van der Waals surface area contributed by atoms with E-state index in [1.807, 2.05) is 42.1 Å². The first-order valence-corrected chi connectivity index (χ1v) is 8.09. The molecule has 0 spiro atoms. The van der Waals surface area contributed by atoms with Crippen LogP contribution in [0.4, 0.5) is 0 Å². The predicted molar refractivity (Wildman–Crippen MR) is 83.1 cm³/mol. The molecule has 3 nitrogen and oxygen atoms in total. The highest BCUT2D eigenvalue weighted by atomic mass is 79.9. The number of nitrogens with zero attached hydrogens (tertiary/aromatic N) is 2. The van der Waals surface area contributed by atoms with Crippen LogP contribution in [0.2, 0.25) is 0 Å². The number of alkyl halides is 1. The minimum atomic E-state index is 0.486. The van der Waals surface area contributed by atoms with Crippen LogP contribution in [-0.4, -0.2) is 21.9 Å². The third-order valence-electron chi connectivity index (χ3n) is 2.58. The molecule has 1 aromatic carbocycles. The fourth-order valence-corrected chi connectivity index (χ4v) is 2.81. The molecule has 0 N–H and O–H groups in total. The number of imidazole rings is 1. The summed E-state index contributed by atoms with van der Waals surface area (Å²) < 4.78 is 8.71. The Balaban J connectivity index is 1.77. The van der Waals surface area contributed by atoms with Gasteiger partial charge in [0.2, 0.25) is 0 Å². The summed E-state index contributed by atoms with van der Waals surface area (Å²) >= 11 is 10.9. The highest BCUT2D eigenvalue weighted by Crippen LogP contribution is 2.19. The molecule has 1 heterocycles. The average molecular weight is 362 g/mol. The van der Waals surface area contributed by atoms with Crippen LogP contribution in [0.15, 0.2) is 40.1 Å². The molecule has 1 aromatic heterocycles. The largest absolute Gasteiger partial charge is 0.493 e. The molecular weight excluding hydrogens is 348 g/mol. The number of hydrogen-bond acceptors (Lipinski definition) is 3. The zero-order valence-electron chi connectivity index (χ0n) is 10.5. The number of halogens is 2. The van der Waals surface area contributed by atoms with Gasteiger partial charge in [-0.1, -0.05) is 27.7 Å². The van der Waals surface area contributed by atoms with Crippen molar-refractivity contribution in [2.24, 2.45) is 7.05 Å². The molecule has 102 valence electrons. The lowest BCUT2D eigenvalue weighted by atomic mass is 10.3. The van der Waals surface area contributed by atoms with E-state index >= 15 is 0 Å². The SMILES string of the molecule is Cn1c(CCl)cnc1SCCOc1ccc(Br)cc1. The van der Waals surface area contributed by atoms with Gasteiger partial charge in [0.05, 0.1) is 24.4 Å². The van der Waals surface area contributed by atoms with E-state index in [0.29, 0.717) is 12.5 Å². The molecule has 6 heteroatoms. The van der Waals surface area contributed by atoms with E-state index in [0.717, 1.165) is 26.8 Å². The van der Waals surface area contributed by atoms with Crippen molar-refractivity contribution in [1.29, 1.82) is 0 Å². The molecule has 0 aliphatic rings. The highest BCUT2D eigenvalue weighted by molar-refractivity contribution is 9.10. The van der Waals surface area contributed by atoms with Crippen molar-refractivity contribution in [2.75, 3.05) is 12.4 Å². The maximum atomic E-state index is 5.80. The smallest absolute Gasteiger partial charge is 0.168 e. The lowest BCUT2D eigenvalue weighted by Crippen LogP contribution is -2.02. The van der Waals surface area contributed by atoms with Crippen molar-refractivity contribution in [2.45, 2.75) is 11.0 Å². The first-order chi connectivity index (χ1) is 9.20.